The Kier molecular flexibility index (Phi) is 7.25. The van der Waals surface area contributed by atoms with Crippen LogP contribution in [0.1, 0.15) is 40.0 Å². The van der Waals surface area contributed by atoms with Crippen LogP contribution in [0.2, 0.25) is 0 Å². The summed E-state index contributed by atoms with van der Waals surface area (Å²) in [4.78, 5) is 11.5. The van der Waals surface area contributed by atoms with Crippen LogP contribution < -0.4 is 0 Å². The molecule has 0 radical (unpaired) electrons. The maximum Gasteiger partial charge on any atom is 0.309 e. The van der Waals surface area contributed by atoms with Crippen LogP contribution in [0.5, 0.6) is 0 Å². The highest BCUT2D eigenvalue weighted by molar-refractivity contribution is 14.1. The molecule has 2 rings (SSSR count). The number of aliphatic carboxylic acids is 1. The summed E-state index contributed by atoms with van der Waals surface area (Å²) in [6.07, 6.45) is 8.40. The number of fused-ring (bicyclic) bond motifs is 2. The lowest BCUT2D eigenvalue weighted by Gasteiger charge is -2.51. The van der Waals surface area contributed by atoms with E-state index < -0.39 is 23.8 Å². The molecule has 2 fully saturated rings. The average Bonchev–Trinajstić information content (AvgIpc) is 2.57. The second-order valence-electron chi connectivity index (χ2n) is 7.06. The van der Waals surface area contributed by atoms with Crippen molar-refractivity contribution in [3.8, 4) is 0 Å². The first-order valence-corrected chi connectivity index (χ1v) is 9.88. The van der Waals surface area contributed by atoms with Crippen LogP contribution in [0, 0.1) is 11.8 Å². The zero-order valence-corrected chi connectivity index (χ0v) is 17.0. The topological polar surface area (TPSA) is 76.0 Å². The van der Waals surface area contributed by atoms with Gasteiger partial charge in [-0.2, -0.15) is 0 Å². The normalized spacial score (nSPS) is 37.6. The van der Waals surface area contributed by atoms with Gasteiger partial charge in [-0.1, -0.05) is 53.8 Å². The monoisotopic (exact) mass is 462 g/mol. The van der Waals surface area contributed by atoms with Gasteiger partial charge in [0.15, 0.2) is 5.79 Å². The Morgan fingerprint density at radius 3 is 2.76 bits per heavy atom. The van der Waals surface area contributed by atoms with Gasteiger partial charge in [0.1, 0.15) is 0 Å². The Labute approximate surface area is 162 Å². The van der Waals surface area contributed by atoms with E-state index >= 15 is 0 Å². The van der Waals surface area contributed by atoms with Crippen molar-refractivity contribution < 1.29 is 24.5 Å². The molecule has 0 aromatic rings. The number of rotatable bonds is 6. The fourth-order valence-corrected chi connectivity index (χ4v) is 3.77. The van der Waals surface area contributed by atoms with E-state index in [0.29, 0.717) is 19.3 Å². The lowest BCUT2D eigenvalue weighted by atomic mass is 9.79. The number of carbonyl (C=O) groups is 1. The van der Waals surface area contributed by atoms with E-state index in [1.54, 1.807) is 0 Å². The predicted octanol–water partition coefficient (Wildman–Crippen LogP) is 3.82. The maximum absolute atomic E-state index is 11.5. The molecule has 0 aromatic heterocycles. The maximum atomic E-state index is 11.5. The van der Waals surface area contributed by atoms with Gasteiger partial charge in [0.2, 0.25) is 0 Å². The van der Waals surface area contributed by atoms with Crippen molar-refractivity contribution in [2.24, 2.45) is 11.8 Å². The third-order valence-electron chi connectivity index (χ3n) is 5.04. The van der Waals surface area contributed by atoms with Crippen molar-refractivity contribution >= 4 is 28.6 Å². The van der Waals surface area contributed by atoms with E-state index in [9.17, 15) is 15.0 Å². The van der Waals surface area contributed by atoms with Gasteiger partial charge in [-0.25, -0.2) is 0 Å². The molecule has 2 N–H and O–H groups in total. The Morgan fingerprint density at radius 2 is 2.12 bits per heavy atom. The fraction of sp³-hybridized carbons (Fsp3) is 0.632. The summed E-state index contributed by atoms with van der Waals surface area (Å²) in [5, 5.41) is 19.3. The zero-order valence-electron chi connectivity index (χ0n) is 14.9. The summed E-state index contributed by atoms with van der Waals surface area (Å²) < 4.78 is 13.9. The number of hydrogen-bond donors (Lipinski definition) is 2. The van der Waals surface area contributed by atoms with Gasteiger partial charge in [0.25, 0.3) is 0 Å². The van der Waals surface area contributed by atoms with Crippen molar-refractivity contribution in [3.05, 3.63) is 34.0 Å². The highest BCUT2D eigenvalue weighted by atomic mass is 127. The SMILES string of the molecule is C/C(=C\I)[C@@H](O)C/C=C/C=C/[C@@H]1OC2(C)CC[C@@H](C(=O)O)[C@H](O2)[C@H]1C. The first-order chi connectivity index (χ1) is 11.8. The van der Waals surface area contributed by atoms with E-state index in [2.05, 4.69) is 22.6 Å². The highest BCUT2D eigenvalue weighted by Gasteiger charge is 2.51. The average molecular weight is 462 g/mol. The molecular weight excluding hydrogens is 435 g/mol. The largest absolute Gasteiger partial charge is 0.481 e. The Bertz CT molecular complexity index is 570. The highest BCUT2D eigenvalue weighted by Crippen LogP contribution is 2.43. The van der Waals surface area contributed by atoms with E-state index in [1.165, 1.54) is 0 Å². The first kappa shape index (κ1) is 20.6. The molecule has 6 heteroatoms. The number of halogens is 1. The number of allylic oxidation sites excluding steroid dienone is 2. The number of hydrogen-bond acceptors (Lipinski definition) is 4. The van der Waals surface area contributed by atoms with E-state index in [4.69, 9.17) is 9.47 Å². The van der Waals surface area contributed by atoms with Crippen molar-refractivity contribution in [2.45, 2.75) is 64.1 Å². The number of carboxylic acid groups (broad SMARTS) is 1. The second-order valence-corrected chi connectivity index (χ2v) is 7.68. The van der Waals surface area contributed by atoms with Crippen LogP contribution >= 0.6 is 22.6 Å². The lowest BCUT2D eigenvalue weighted by Crippen LogP contribution is -2.58. The summed E-state index contributed by atoms with van der Waals surface area (Å²) in [6, 6.07) is 0. The number of aliphatic hydroxyl groups excluding tert-OH is 1. The summed E-state index contributed by atoms with van der Waals surface area (Å²) in [5.74, 6) is -2.01. The summed E-state index contributed by atoms with van der Waals surface area (Å²) >= 11 is 2.12. The molecule has 0 aromatic carbocycles. The standard InChI is InChI=1S/C19H27IO5/c1-12(11-20)15(21)7-5-4-6-8-16-13(2)17-14(18(22)23)9-10-19(3,24-16)25-17/h4-6,8,11,13-17,21H,7,9-10H2,1-3H3,(H,22,23)/b5-4+,8-6+,12-11+/t13-,14+,15-,16-,17+,19?/m0/s1. The van der Waals surface area contributed by atoms with E-state index in [1.807, 2.05) is 49.2 Å². The van der Waals surface area contributed by atoms with Crippen LogP contribution in [0.15, 0.2) is 34.0 Å². The second kappa shape index (κ2) is 8.79. The van der Waals surface area contributed by atoms with Gasteiger partial charge >= 0.3 is 5.97 Å². The molecule has 5 nitrogen and oxygen atoms in total. The van der Waals surface area contributed by atoms with Gasteiger partial charge in [0.05, 0.1) is 24.2 Å². The quantitative estimate of drug-likeness (QED) is 0.464. The molecule has 25 heavy (non-hydrogen) atoms. The molecule has 2 saturated heterocycles. The number of ether oxygens (including phenoxy) is 2. The molecule has 2 heterocycles. The molecule has 2 aliphatic heterocycles. The molecule has 6 atom stereocenters. The van der Waals surface area contributed by atoms with E-state index in [0.717, 1.165) is 5.57 Å². The van der Waals surface area contributed by atoms with Crippen molar-refractivity contribution in [2.75, 3.05) is 0 Å². The van der Waals surface area contributed by atoms with Crippen LogP contribution in [0.25, 0.3) is 0 Å². The van der Waals surface area contributed by atoms with E-state index in [-0.39, 0.29) is 18.1 Å². The Morgan fingerprint density at radius 1 is 1.40 bits per heavy atom. The third kappa shape index (κ3) is 5.15. The van der Waals surface area contributed by atoms with Crippen molar-refractivity contribution in [1.29, 1.82) is 0 Å². The minimum Gasteiger partial charge on any atom is -0.481 e. The van der Waals surface area contributed by atoms with Gasteiger partial charge in [-0.05, 0) is 36.3 Å². The van der Waals surface area contributed by atoms with Gasteiger partial charge in [-0.3, -0.25) is 4.79 Å². The minimum atomic E-state index is -0.795. The molecule has 2 bridgehead atoms. The molecular formula is C19H27IO5. The van der Waals surface area contributed by atoms with Crippen molar-refractivity contribution in [1.82, 2.24) is 0 Å². The van der Waals surface area contributed by atoms with Gasteiger partial charge in [0, 0.05) is 12.3 Å². The van der Waals surface area contributed by atoms with Crippen LogP contribution in [-0.2, 0) is 14.3 Å². The summed E-state index contributed by atoms with van der Waals surface area (Å²) in [6.45, 7) is 5.76. The molecule has 0 amide bonds. The van der Waals surface area contributed by atoms with Crippen LogP contribution in [0.3, 0.4) is 0 Å². The predicted molar refractivity (Wildman–Crippen MR) is 104 cm³/mol. The molecule has 2 aliphatic rings. The summed E-state index contributed by atoms with van der Waals surface area (Å²) in [7, 11) is 0. The van der Waals surface area contributed by atoms with Crippen LogP contribution in [0.4, 0.5) is 0 Å². The van der Waals surface area contributed by atoms with Crippen LogP contribution in [-0.4, -0.2) is 40.3 Å². The van der Waals surface area contributed by atoms with Crippen molar-refractivity contribution in [3.63, 3.8) is 0 Å². The Hall–Kier alpha value is -0.700. The molecule has 140 valence electrons. The molecule has 0 saturated carbocycles. The molecule has 0 aliphatic carbocycles. The number of carboxylic acids is 1. The summed E-state index contributed by atoms with van der Waals surface area (Å²) in [5.41, 5.74) is 0.941. The van der Waals surface area contributed by atoms with Gasteiger partial charge < -0.3 is 19.7 Å². The smallest absolute Gasteiger partial charge is 0.309 e. The first-order valence-electron chi connectivity index (χ1n) is 8.64. The Balaban J connectivity index is 1.98. The molecule has 0 spiro atoms. The lowest BCUT2D eigenvalue weighted by molar-refractivity contribution is -0.345. The van der Waals surface area contributed by atoms with Gasteiger partial charge in [-0.15, -0.1) is 0 Å². The molecule has 1 unspecified atom stereocenters. The third-order valence-corrected chi connectivity index (χ3v) is 6.02. The zero-order chi connectivity index (χ0) is 18.6. The fourth-order valence-electron chi connectivity index (χ4n) is 3.35. The minimum absolute atomic E-state index is 0.0334. The number of aliphatic hydroxyl groups is 1.